The second kappa shape index (κ2) is 9.22. The van der Waals surface area contributed by atoms with E-state index < -0.39 is 0 Å². The highest BCUT2D eigenvalue weighted by Crippen LogP contribution is 2.08. The first-order chi connectivity index (χ1) is 12.7. The Morgan fingerprint density at radius 3 is 2.50 bits per heavy atom. The number of carbonyl (C=O) groups is 1. The lowest BCUT2D eigenvalue weighted by Gasteiger charge is -2.34. The van der Waals surface area contributed by atoms with Gasteiger partial charge in [0.2, 0.25) is 0 Å². The van der Waals surface area contributed by atoms with Gasteiger partial charge < -0.3 is 0 Å². The number of nitrogens with zero attached hydrogens (tertiary/aromatic N) is 4. The number of carbonyl (C=O) groups excluding carboxylic acids is 1. The Kier molecular flexibility index (Phi) is 6.46. The van der Waals surface area contributed by atoms with Crippen molar-refractivity contribution in [2.75, 3.05) is 32.7 Å². The third-order valence-electron chi connectivity index (χ3n) is 4.51. The molecule has 1 N–H and O–H groups in total. The molecule has 3 rings (SSSR count). The summed E-state index contributed by atoms with van der Waals surface area (Å²) in [5.74, 6) is -0.0789. The highest BCUT2D eigenvalue weighted by molar-refractivity contribution is 5.98. The fourth-order valence-electron chi connectivity index (χ4n) is 2.97. The van der Waals surface area contributed by atoms with Crippen molar-refractivity contribution in [1.82, 2.24) is 20.2 Å². The molecule has 6 heteroatoms. The van der Waals surface area contributed by atoms with Crippen LogP contribution in [0.1, 0.15) is 18.1 Å². The summed E-state index contributed by atoms with van der Waals surface area (Å²) < 4.78 is 0. The minimum Gasteiger partial charge on any atom is -0.297 e. The van der Waals surface area contributed by atoms with Crippen LogP contribution in [0, 0.1) is 0 Å². The molecule has 26 heavy (non-hydrogen) atoms. The molecule has 1 fully saturated rings. The van der Waals surface area contributed by atoms with Gasteiger partial charge in [0, 0.05) is 50.7 Å². The van der Waals surface area contributed by atoms with Crippen molar-refractivity contribution in [2.24, 2.45) is 5.10 Å². The van der Waals surface area contributed by atoms with E-state index in [1.165, 1.54) is 5.56 Å². The van der Waals surface area contributed by atoms with Crippen LogP contribution in [0.4, 0.5) is 0 Å². The number of hydrogen-bond donors (Lipinski definition) is 1. The number of hydrogen-bond acceptors (Lipinski definition) is 5. The molecule has 1 aliphatic rings. The molecule has 0 aliphatic carbocycles. The van der Waals surface area contributed by atoms with Crippen LogP contribution < -0.4 is 5.43 Å². The smallest absolute Gasteiger partial charge is 0.254 e. The highest BCUT2D eigenvalue weighted by atomic mass is 16.2. The van der Waals surface area contributed by atoms with E-state index in [1.54, 1.807) is 12.4 Å². The van der Waals surface area contributed by atoms with E-state index in [4.69, 9.17) is 0 Å². The fraction of sp³-hybridized carbons (Fsp3) is 0.350. The zero-order valence-corrected chi connectivity index (χ0v) is 15.1. The van der Waals surface area contributed by atoms with Crippen LogP contribution in [0.2, 0.25) is 0 Å². The van der Waals surface area contributed by atoms with Crippen LogP contribution in [-0.4, -0.2) is 59.1 Å². The number of amides is 1. The quantitative estimate of drug-likeness (QED) is 0.636. The van der Waals surface area contributed by atoms with Gasteiger partial charge in [-0.3, -0.25) is 19.6 Å². The van der Waals surface area contributed by atoms with Gasteiger partial charge in [-0.1, -0.05) is 36.4 Å². The van der Waals surface area contributed by atoms with Crippen molar-refractivity contribution in [2.45, 2.75) is 13.5 Å². The molecule has 0 unspecified atom stereocenters. The third-order valence-corrected chi connectivity index (χ3v) is 4.51. The second-order valence-electron chi connectivity index (χ2n) is 6.51. The maximum atomic E-state index is 12.1. The van der Waals surface area contributed by atoms with Gasteiger partial charge in [-0.05, 0) is 18.6 Å². The molecule has 0 saturated carbocycles. The number of aromatic nitrogens is 1. The van der Waals surface area contributed by atoms with Gasteiger partial charge in [-0.2, -0.15) is 5.10 Å². The summed E-state index contributed by atoms with van der Waals surface area (Å²) in [6.07, 6.45) is 3.45. The first-order valence-electron chi connectivity index (χ1n) is 8.93. The SMILES string of the molecule is CC(=NNC(=O)CN1CCN(Cc2ccccc2)CC1)c1cccnc1. The van der Waals surface area contributed by atoms with Crippen molar-refractivity contribution in [1.29, 1.82) is 0 Å². The first kappa shape index (κ1) is 18.2. The number of rotatable bonds is 6. The van der Waals surface area contributed by atoms with E-state index in [0.717, 1.165) is 44.0 Å². The Balaban J connectivity index is 1.41. The summed E-state index contributed by atoms with van der Waals surface area (Å²) in [6, 6.07) is 14.3. The fourth-order valence-corrected chi connectivity index (χ4v) is 2.97. The Bertz CT molecular complexity index is 724. The molecular formula is C20H25N5O. The van der Waals surface area contributed by atoms with Crippen molar-refractivity contribution in [3.05, 3.63) is 66.0 Å². The molecule has 1 saturated heterocycles. The van der Waals surface area contributed by atoms with Crippen LogP contribution >= 0.6 is 0 Å². The lowest BCUT2D eigenvalue weighted by atomic mass is 10.2. The molecule has 0 atom stereocenters. The Morgan fingerprint density at radius 2 is 1.81 bits per heavy atom. The van der Waals surface area contributed by atoms with Gasteiger partial charge in [0.15, 0.2) is 0 Å². The molecule has 0 bridgehead atoms. The summed E-state index contributed by atoms with van der Waals surface area (Å²) >= 11 is 0. The van der Waals surface area contributed by atoms with Crippen molar-refractivity contribution < 1.29 is 4.79 Å². The summed E-state index contributed by atoms with van der Waals surface area (Å²) in [7, 11) is 0. The summed E-state index contributed by atoms with van der Waals surface area (Å²) in [4.78, 5) is 20.8. The molecule has 6 nitrogen and oxygen atoms in total. The van der Waals surface area contributed by atoms with E-state index >= 15 is 0 Å². The standard InChI is InChI=1S/C20H25N5O/c1-17(19-8-5-9-21-14-19)22-23-20(26)16-25-12-10-24(11-13-25)15-18-6-3-2-4-7-18/h2-9,14H,10-13,15-16H2,1H3,(H,23,26). The number of benzene rings is 1. The van der Waals surface area contributed by atoms with Crippen LogP contribution in [0.25, 0.3) is 0 Å². The molecule has 1 aromatic carbocycles. The average Bonchev–Trinajstić information content (AvgIpc) is 2.69. The van der Waals surface area contributed by atoms with Crippen molar-refractivity contribution in [3.63, 3.8) is 0 Å². The number of hydrazone groups is 1. The highest BCUT2D eigenvalue weighted by Gasteiger charge is 2.18. The van der Waals surface area contributed by atoms with Gasteiger partial charge in [0.1, 0.15) is 0 Å². The predicted octanol–water partition coefficient (Wildman–Crippen LogP) is 1.74. The van der Waals surface area contributed by atoms with Gasteiger partial charge in [0.05, 0.1) is 12.3 Å². The molecule has 0 radical (unpaired) electrons. The van der Waals surface area contributed by atoms with E-state index in [2.05, 4.69) is 49.6 Å². The van der Waals surface area contributed by atoms with Crippen LogP contribution in [-0.2, 0) is 11.3 Å². The Hall–Kier alpha value is -2.57. The topological polar surface area (TPSA) is 60.8 Å². The maximum Gasteiger partial charge on any atom is 0.254 e. The van der Waals surface area contributed by atoms with Crippen LogP contribution in [0.3, 0.4) is 0 Å². The monoisotopic (exact) mass is 351 g/mol. The minimum atomic E-state index is -0.0789. The number of nitrogens with one attached hydrogen (secondary N) is 1. The molecule has 2 heterocycles. The Morgan fingerprint density at radius 1 is 1.08 bits per heavy atom. The van der Waals surface area contributed by atoms with E-state index in [-0.39, 0.29) is 5.91 Å². The molecular weight excluding hydrogens is 326 g/mol. The summed E-state index contributed by atoms with van der Waals surface area (Å²) in [6.45, 7) is 6.94. The molecule has 2 aromatic rings. The molecule has 1 aromatic heterocycles. The summed E-state index contributed by atoms with van der Waals surface area (Å²) in [5.41, 5.74) is 5.63. The van der Waals surface area contributed by atoms with Gasteiger partial charge in [-0.25, -0.2) is 5.43 Å². The van der Waals surface area contributed by atoms with Crippen molar-refractivity contribution >= 4 is 11.6 Å². The largest absolute Gasteiger partial charge is 0.297 e. The van der Waals surface area contributed by atoms with Crippen molar-refractivity contribution in [3.8, 4) is 0 Å². The zero-order chi connectivity index (χ0) is 18.2. The van der Waals surface area contributed by atoms with Crippen LogP contribution in [0.15, 0.2) is 60.0 Å². The second-order valence-corrected chi connectivity index (χ2v) is 6.51. The lowest BCUT2D eigenvalue weighted by molar-refractivity contribution is -0.122. The first-order valence-corrected chi connectivity index (χ1v) is 8.93. The van der Waals surface area contributed by atoms with E-state index in [0.29, 0.717) is 6.54 Å². The van der Waals surface area contributed by atoms with Crippen LogP contribution in [0.5, 0.6) is 0 Å². The zero-order valence-electron chi connectivity index (χ0n) is 15.1. The summed E-state index contributed by atoms with van der Waals surface area (Å²) in [5, 5.41) is 4.17. The number of pyridine rings is 1. The predicted molar refractivity (Wildman–Crippen MR) is 103 cm³/mol. The van der Waals surface area contributed by atoms with Gasteiger partial charge in [-0.15, -0.1) is 0 Å². The minimum absolute atomic E-state index is 0.0789. The molecule has 1 amide bonds. The molecule has 0 spiro atoms. The van der Waals surface area contributed by atoms with Gasteiger partial charge >= 0.3 is 0 Å². The third kappa shape index (κ3) is 5.47. The van der Waals surface area contributed by atoms with E-state index in [1.807, 2.05) is 25.1 Å². The van der Waals surface area contributed by atoms with Gasteiger partial charge in [0.25, 0.3) is 5.91 Å². The lowest BCUT2D eigenvalue weighted by Crippen LogP contribution is -2.48. The maximum absolute atomic E-state index is 12.1. The Labute approximate surface area is 154 Å². The van der Waals surface area contributed by atoms with E-state index in [9.17, 15) is 4.79 Å². The molecule has 1 aliphatic heterocycles. The average molecular weight is 351 g/mol. The normalized spacial score (nSPS) is 16.4. The number of piperazine rings is 1. The molecule has 136 valence electrons.